The van der Waals surface area contributed by atoms with Crippen LogP contribution in [0.4, 0.5) is 0 Å². The topological polar surface area (TPSA) is 155 Å². The van der Waals surface area contributed by atoms with Gasteiger partial charge < -0.3 is 44.5 Å². The van der Waals surface area contributed by atoms with Crippen LogP contribution < -0.4 is 18.9 Å². The van der Waals surface area contributed by atoms with E-state index in [-0.39, 0.29) is 40.9 Å². The molecule has 0 aromatic heterocycles. The van der Waals surface area contributed by atoms with Crippen molar-refractivity contribution < 1.29 is 49.3 Å². The van der Waals surface area contributed by atoms with Crippen LogP contribution in [0.5, 0.6) is 40.2 Å². The van der Waals surface area contributed by atoms with E-state index in [0.29, 0.717) is 16.9 Å². The SMILES string of the molecule is COc1cc([C@@H]2Oc3cc([C@H]4Oc5cc(O)cc(O)c5C(=O)[C@H]4O)ccc3O[C@@H]2CO)ccc1O. The first-order valence-electron chi connectivity index (χ1n) is 10.7. The smallest absolute Gasteiger partial charge is 0.202 e. The molecular formula is C25H22O10. The minimum absolute atomic E-state index is 0.0540. The summed E-state index contributed by atoms with van der Waals surface area (Å²) in [5, 5.41) is 50.2. The van der Waals surface area contributed by atoms with E-state index < -0.39 is 35.9 Å². The van der Waals surface area contributed by atoms with Crippen molar-refractivity contribution in [2.45, 2.75) is 24.4 Å². The molecule has 4 atom stereocenters. The molecule has 182 valence electrons. The Labute approximate surface area is 199 Å². The van der Waals surface area contributed by atoms with Crippen LogP contribution in [0.15, 0.2) is 48.5 Å². The lowest BCUT2D eigenvalue weighted by Gasteiger charge is -2.35. The molecule has 0 unspecified atom stereocenters. The number of hydrogen-bond donors (Lipinski definition) is 5. The molecule has 3 aromatic carbocycles. The number of aliphatic hydroxyl groups is 2. The normalized spacial score (nSPS) is 22.8. The molecule has 0 amide bonds. The Kier molecular flexibility index (Phi) is 5.54. The van der Waals surface area contributed by atoms with Crippen LogP contribution in [0.2, 0.25) is 0 Å². The Morgan fingerprint density at radius 2 is 1.54 bits per heavy atom. The predicted molar refractivity (Wildman–Crippen MR) is 119 cm³/mol. The number of carbonyl (C=O) groups is 1. The van der Waals surface area contributed by atoms with Crippen molar-refractivity contribution in [3.8, 4) is 40.2 Å². The number of aromatic hydroxyl groups is 3. The van der Waals surface area contributed by atoms with Gasteiger partial charge in [0.05, 0.1) is 13.7 Å². The molecule has 3 aromatic rings. The van der Waals surface area contributed by atoms with E-state index in [0.717, 1.165) is 6.07 Å². The lowest BCUT2D eigenvalue weighted by molar-refractivity contribution is -0.0130. The molecule has 0 aliphatic carbocycles. The average Bonchev–Trinajstić information content (AvgIpc) is 2.85. The van der Waals surface area contributed by atoms with Crippen LogP contribution in [0, 0.1) is 0 Å². The second-order valence-electron chi connectivity index (χ2n) is 8.20. The van der Waals surface area contributed by atoms with E-state index in [2.05, 4.69) is 0 Å². The second kappa shape index (κ2) is 8.57. The molecule has 0 bridgehead atoms. The van der Waals surface area contributed by atoms with Crippen LogP contribution in [0.1, 0.15) is 33.7 Å². The Morgan fingerprint density at radius 1 is 0.829 bits per heavy atom. The maximum absolute atomic E-state index is 12.7. The number of rotatable bonds is 4. The van der Waals surface area contributed by atoms with Crippen molar-refractivity contribution >= 4 is 5.78 Å². The van der Waals surface area contributed by atoms with E-state index >= 15 is 0 Å². The second-order valence-corrected chi connectivity index (χ2v) is 8.20. The number of Topliss-reactive ketones (excluding diaryl/α,β-unsaturated/α-hetero) is 1. The number of methoxy groups -OCH3 is 1. The molecule has 10 heteroatoms. The van der Waals surface area contributed by atoms with Gasteiger partial charge in [0.15, 0.2) is 47.4 Å². The highest BCUT2D eigenvalue weighted by Crippen LogP contribution is 2.45. The maximum atomic E-state index is 12.7. The van der Waals surface area contributed by atoms with Crippen LogP contribution in [-0.2, 0) is 0 Å². The fraction of sp³-hybridized carbons (Fsp3) is 0.240. The van der Waals surface area contributed by atoms with Gasteiger partial charge >= 0.3 is 0 Å². The van der Waals surface area contributed by atoms with E-state index in [1.807, 2.05) is 0 Å². The number of ether oxygens (including phenoxy) is 4. The van der Waals surface area contributed by atoms with Gasteiger partial charge in [0.25, 0.3) is 0 Å². The van der Waals surface area contributed by atoms with Gasteiger partial charge in [-0.2, -0.15) is 0 Å². The maximum Gasteiger partial charge on any atom is 0.202 e. The molecule has 5 rings (SSSR count). The van der Waals surface area contributed by atoms with Crippen molar-refractivity contribution in [3.05, 3.63) is 65.2 Å². The number of fused-ring (bicyclic) bond motifs is 2. The quantitative estimate of drug-likeness (QED) is 0.374. The number of hydrogen-bond acceptors (Lipinski definition) is 10. The third-order valence-corrected chi connectivity index (χ3v) is 6.00. The Balaban J connectivity index is 1.49. The van der Waals surface area contributed by atoms with Crippen molar-refractivity contribution in [1.82, 2.24) is 0 Å². The molecule has 35 heavy (non-hydrogen) atoms. The minimum atomic E-state index is -1.62. The van der Waals surface area contributed by atoms with Crippen LogP contribution in [0.25, 0.3) is 0 Å². The monoisotopic (exact) mass is 482 g/mol. The van der Waals surface area contributed by atoms with Crippen LogP contribution in [0.3, 0.4) is 0 Å². The van der Waals surface area contributed by atoms with Gasteiger partial charge in [-0.05, 0) is 29.8 Å². The average molecular weight is 482 g/mol. The van der Waals surface area contributed by atoms with Crippen molar-refractivity contribution in [3.63, 3.8) is 0 Å². The molecule has 0 radical (unpaired) electrons. The van der Waals surface area contributed by atoms with E-state index in [4.69, 9.17) is 18.9 Å². The van der Waals surface area contributed by atoms with Crippen LogP contribution >= 0.6 is 0 Å². The zero-order valence-electron chi connectivity index (χ0n) is 18.4. The molecule has 0 spiro atoms. The number of phenols is 3. The molecule has 2 heterocycles. The summed E-state index contributed by atoms with van der Waals surface area (Å²) in [7, 11) is 1.41. The molecule has 0 fully saturated rings. The van der Waals surface area contributed by atoms with Crippen LogP contribution in [-0.4, -0.2) is 57.2 Å². The third-order valence-electron chi connectivity index (χ3n) is 6.00. The van der Waals surface area contributed by atoms with Gasteiger partial charge in [-0.3, -0.25) is 4.79 Å². The molecule has 10 nitrogen and oxygen atoms in total. The fourth-order valence-corrected chi connectivity index (χ4v) is 4.28. The van der Waals surface area contributed by atoms with Gasteiger partial charge in [-0.25, -0.2) is 0 Å². The van der Waals surface area contributed by atoms with Gasteiger partial charge in [0.1, 0.15) is 22.8 Å². The minimum Gasteiger partial charge on any atom is -0.508 e. The summed E-state index contributed by atoms with van der Waals surface area (Å²) >= 11 is 0. The highest BCUT2D eigenvalue weighted by molar-refractivity contribution is 6.05. The highest BCUT2D eigenvalue weighted by atomic mass is 16.6. The zero-order chi connectivity index (χ0) is 24.9. The third kappa shape index (κ3) is 3.82. The highest BCUT2D eigenvalue weighted by Gasteiger charge is 2.40. The summed E-state index contributed by atoms with van der Waals surface area (Å²) in [5.41, 5.74) is 0.751. The molecule has 2 aliphatic heterocycles. The summed E-state index contributed by atoms with van der Waals surface area (Å²) < 4.78 is 23.0. The van der Waals surface area contributed by atoms with E-state index in [9.17, 15) is 30.3 Å². The van der Waals surface area contributed by atoms with Gasteiger partial charge in [-0.15, -0.1) is 0 Å². The molecule has 0 saturated heterocycles. The Morgan fingerprint density at radius 3 is 2.29 bits per heavy atom. The largest absolute Gasteiger partial charge is 0.508 e. The van der Waals surface area contributed by atoms with Crippen molar-refractivity contribution in [2.24, 2.45) is 0 Å². The number of phenolic OH excluding ortho intramolecular Hbond substituents is 3. The van der Waals surface area contributed by atoms with E-state index in [1.165, 1.54) is 19.2 Å². The molecule has 0 saturated carbocycles. The zero-order valence-corrected chi connectivity index (χ0v) is 18.4. The summed E-state index contributed by atoms with van der Waals surface area (Å²) in [4.78, 5) is 12.7. The Bertz CT molecular complexity index is 1300. The van der Waals surface area contributed by atoms with Gasteiger partial charge in [0, 0.05) is 17.7 Å². The molecule has 5 N–H and O–H groups in total. The summed E-state index contributed by atoms with van der Waals surface area (Å²) in [6.07, 6.45) is -4.28. The summed E-state index contributed by atoms with van der Waals surface area (Å²) in [6.45, 7) is -0.349. The Hall–Kier alpha value is -4.15. The van der Waals surface area contributed by atoms with E-state index in [1.54, 1.807) is 30.3 Å². The van der Waals surface area contributed by atoms with Gasteiger partial charge in [0.2, 0.25) is 5.78 Å². The van der Waals surface area contributed by atoms with Gasteiger partial charge in [-0.1, -0.05) is 12.1 Å². The first-order chi connectivity index (χ1) is 16.8. The number of ketones is 1. The number of aliphatic hydroxyl groups excluding tert-OH is 2. The lowest BCUT2D eigenvalue weighted by atomic mass is 9.92. The molecule has 2 aliphatic rings. The first kappa shape index (κ1) is 22.6. The first-order valence-corrected chi connectivity index (χ1v) is 10.7. The summed E-state index contributed by atoms with van der Waals surface area (Å²) in [6, 6.07) is 11.5. The number of benzene rings is 3. The number of carbonyl (C=O) groups excluding carboxylic acids is 1. The summed E-state index contributed by atoms with van der Waals surface area (Å²) in [5.74, 6) is -0.823. The van der Waals surface area contributed by atoms with Crippen molar-refractivity contribution in [1.29, 1.82) is 0 Å². The lowest BCUT2D eigenvalue weighted by Crippen LogP contribution is -2.37. The molecular weight excluding hydrogens is 460 g/mol. The predicted octanol–water partition coefficient (Wildman–Crippen LogP) is 2.36. The standard InChI is InChI=1S/C25H22O10/c1-32-17-6-11(2-4-14(17)28)24-20(10-26)33-16-5-3-12(7-18(16)34-24)25-23(31)22(30)21-15(29)8-13(27)9-19(21)35-25/h2-9,20,23-29,31H,10H2,1H3/t20-,23-,24+,25-/m1/s1. The fourth-order valence-electron chi connectivity index (χ4n) is 4.28. The van der Waals surface area contributed by atoms with Crippen molar-refractivity contribution in [2.75, 3.05) is 13.7 Å².